The number of nitrogens with one attached hydrogen (secondary N) is 2. The monoisotopic (exact) mass is 471 g/mol. The van der Waals surface area contributed by atoms with E-state index in [1.807, 2.05) is 63.2 Å². The van der Waals surface area contributed by atoms with E-state index in [1.165, 1.54) is 5.56 Å². The van der Waals surface area contributed by atoms with Gasteiger partial charge in [0.2, 0.25) is 5.89 Å². The summed E-state index contributed by atoms with van der Waals surface area (Å²) in [5.74, 6) is 0.782. The van der Waals surface area contributed by atoms with Crippen molar-refractivity contribution in [2.24, 2.45) is 0 Å². The summed E-state index contributed by atoms with van der Waals surface area (Å²) in [7, 11) is 0. The zero-order chi connectivity index (χ0) is 24.4. The highest BCUT2D eigenvalue weighted by atomic mass is 32.1. The van der Waals surface area contributed by atoms with Gasteiger partial charge in [-0.1, -0.05) is 43.7 Å². The van der Waals surface area contributed by atoms with E-state index in [0.29, 0.717) is 17.4 Å². The van der Waals surface area contributed by atoms with E-state index >= 15 is 0 Å². The first-order chi connectivity index (χ1) is 16.2. The molecule has 0 fully saturated rings. The Morgan fingerprint density at radius 1 is 1.03 bits per heavy atom. The Balaban J connectivity index is 1.54. The fourth-order valence-electron chi connectivity index (χ4n) is 3.89. The minimum Gasteiger partial charge on any atom is -0.436 e. The Morgan fingerprint density at radius 2 is 1.82 bits per heavy atom. The Bertz CT molecular complexity index is 1390. The van der Waals surface area contributed by atoms with Crippen molar-refractivity contribution in [1.29, 1.82) is 0 Å². The number of aryl methyl sites for hydroxylation is 3. The van der Waals surface area contributed by atoms with Gasteiger partial charge in [0.25, 0.3) is 5.91 Å². The van der Waals surface area contributed by atoms with Crippen LogP contribution in [0.15, 0.2) is 59.0 Å². The minimum absolute atomic E-state index is 0.236. The molecule has 1 aromatic heterocycles. The summed E-state index contributed by atoms with van der Waals surface area (Å²) in [4.78, 5) is 17.4. The van der Waals surface area contributed by atoms with Crippen molar-refractivity contribution in [1.82, 2.24) is 10.3 Å². The van der Waals surface area contributed by atoms with Crippen LogP contribution in [0.5, 0.6) is 0 Å². The molecule has 174 valence electrons. The highest BCUT2D eigenvalue weighted by Gasteiger charge is 2.14. The van der Waals surface area contributed by atoms with Crippen LogP contribution in [-0.2, 0) is 0 Å². The second-order valence-electron chi connectivity index (χ2n) is 8.81. The maximum Gasteiger partial charge on any atom is 0.257 e. The molecule has 1 atom stereocenters. The normalized spacial score (nSPS) is 11.9. The van der Waals surface area contributed by atoms with Crippen LogP contribution in [0.4, 0.5) is 5.69 Å². The number of carbonyl (C=O) groups excluding carboxylic acids is 1. The van der Waals surface area contributed by atoms with Crippen LogP contribution in [0, 0.1) is 20.8 Å². The van der Waals surface area contributed by atoms with Gasteiger partial charge in [-0.25, -0.2) is 4.98 Å². The number of hydrogen-bond donors (Lipinski definition) is 2. The number of oxazole rings is 1. The summed E-state index contributed by atoms with van der Waals surface area (Å²) < 4.78 is 6.03. The maximum atomic E-state index is 12.7. The molecule has 4 rings (SSSR count). The van der Waals surface area contributed by atoms with Crippen molar-refractivity contribution < 1.29 is 9.21 Å². The number of hydrogen-bond acceptors (Lipinski definition) is 4. The minimum atomic E-state index is -0.236. The van der Waals surface area contributed by atoms with Gasteiger partial charge in [0, 0.05) is 16.8 Å². The predicted octanol–water partition coefficient (Wildman–Crippen LogP) is 7.06. The average Bonchev–Trinajstić information content (AvgIpc) is 3.23. The molecule has 6 heteroatoms. The summed E-state index contributed by atoms with van der Waals surface area (Å²) in [5.41, 5.74) is 8.08. The first kappa shape index (κ1) is 23.6. The number of benzene rings is 3. The van der Waals surface area contributed by atoms with E-state index in [4.69, 9.17) is 21.6 Å². The van der Waals surface area contributed by atoms with Gasteiger partial charge in [-0.2, -0.15) is 0 Å². The molecule has 1 amide bonds. The summed E-state index contributed by atoms with van der Waals surface area (Å²) in [6, 6.07) is 17.8. The quantitative estimate of drug-likeness (QED) is 0.305. The van der Waals surface area contributed by atoms with Crippen molar-refractivity contribution in [3.8, 4) is 11.5 Å². The van der Waals surface area contributed by atoms with Gasteiger partial charge in [0.15, 0.2) is 10.7 Å². The lowest BCUT2D eigenvalue weighted by Crippen LogP contribution is -2.34. The van der Waals surface area contributed by atoms with Gasteiger partial charge >= 0.3 is 0 Å². The first-order valence-electron chi connectivity index (χ1n) is 11.5. The van der Waals surface area contributed by atoms with Crippen molar-refractivity contribution in [2.75, 3.05) is 5.32 Å². The van der Waals surface area contributed by atoms with E-state index < -0.39 is 0 Å². The number of anilines is 1. The van der Waals surface area contributed by atoms with Crippen LogP contribution < -0.4 is 10.6 Å². The highest BCUT2D eigenvalue weighted by molar-refractivity contribution is 7.80. The van der Waals surface area contributed by atoms with Gasteiger partial charge in [-0.05, 0) is 92.4 Å². The van der Waals surface area contributed by atoms with Crippen molar-refractivity contribution in [3.05, 3.63) is 82.4 Å². The molecule has 0 saturated carbocycles. The van der Waals surface area contributed by atoms with Crippen LogP contribution >= 0.6 is 12.2 Å². The molecule has 0 bridgehead atoms. The van der Waals surface area contributed by atoms with Crippen molar-refractivity contribution in [2.45, 2.75) is 47.0 Å². The number of amides is 1. The molecule has 0 aliphatic heterocycles. The average molecular weight is 472 g/mol. The molecule has 1 heterocycles. The highest BCUT2D eigenvalue weighted by Crippen LogP contribution is 2.30. The summed E-state index contributed by atoms with van der Waals surface area (Å²) in [5, 5.41) is 6.16. The van der Waals surface area contributed by atoms with Crippen LogP contribution in [-0.4, -0.2) is 16.0 Å². The van der Waals surface area contributed by atoms with Crippen LogP contribution in [0.1, 0.15) is 58.8 Å². The molecule has 0 radical (unpaired) electrons. The Kier molecular flexibility index (Phi) is 6.80. The Labute approximate surface area is 205 Å². The molecule has 0 aliphatic rings. The molecular formula is C28H29N3O2S. The fourth-order valence-corrected chi connectivity index (χ4v) is 4.09. The molecule has 5 nitrogen and oxygen atoms in total. The maximum absolute atomic E-state index is 12.7. The van der Waals surface area contributed by atoms with E-state index in [0.717, 1.165) is 45.5 Å². The number of carbonyl (C=O) groups is 1. The SMILES string of the molecule is CCC(C)c1ccc2oc(-c3ccc(C)c(NC(=S)NC(=O)c4ccc(C)cc4C)c3)nc2c1. The molecule has 0 aliphatic carbocycles. The fraction of sp³-hybridized carbons (Fsp3) is 0.250. The number of aromatic nitrogens is 1. The van der Waals surface area contributed by atoms with Crippen molar-refractivity contribution >= 4 is 40.0 Å². The molecule has 2 N–H and O–H groups in total. The predicted molar refractivity (Wildman–Crippen MR) is 142 cm³/mol. The first-order valence-corrected chi connectivity index (χ1v) is 11.9. The standard InChI is InChI=1S/C28H29N3O2S/c1-6-17(3)20-10-12-25-24(14-20)29-27(33-25)21-9-8-18(4)23(15-21)30-28(34)31-26(32)22-11-7-16(2)13-19(22)5/h7-15,17H,6H2,1-5H3,(H2,30,31,32,34). The van der Waals surface area contributed by atoms with E-state index in [-0.39, 0.29) is 11.0 Å². The van der Waals surface area contributed by atoms with Crippen molar-refractivity contribution in [3.63, 3.8) is 0 Å². The Morgan fingerprint density at radius 3 is 2.56 bits per heavy atom. The topological polar surface area (TPSA) is 67.2 Å². The van der Waals surface area contributed by atoms with Gasteiger partial charge in [0.1, 0.15) is 5.52 Å². The molecule has 4 aromatic rings. The summed E-state index contributed by atoms with van der Waals surface area (Å²) in [6.07, 6.45) is 1.07. The van der Waals surface area contributed by atoms with Crippen LogP contribution in [0.2, 0.25) is 0 Å². The lowest BCUT2D eigenvalue weighted by molar-refractivity contribution is 0.0977. The van der Waals surface area contributed by atoms with E-state index in [9.17, 15) is 4.79 Å². The number of fused-ring (bicyclic) bond motifs is 1. The molecule has 34 heavy (non-hydrogen) atoms. The second-order valence-corrected chi connectivity index (χ2v) is 9.22. The molecular weight excluding hydrogens is 442 g/mol. The molecule has 0 saturated heterocycles. The van der Waals surface area contributed by atoms with E-state index in [2.05, 4.69) is 36.6 Å². The number of thiocarbonyl (C=S) groups is 1. The van der Waals surface area contributed by atoms with E-state index in [1.54, 1.807) is 0 Å². The zero-order valence-electron chi connectivity index (χ0n) is 20.2. The summed E-state index contributed by atoms with van der Waals surface area (Å²) >= 11 is 5.42. The lowest BCUT2D eigenvalue weighted by atomic mass is 9.98. The third-order valence-electron chi connectivity index (χ3n) is 6.18. The summed E-state index contributed by atoms with van der Waals surface area (Å²) in [6.45, 7) is 10.3. The lowest BCUT2D eigenvalue weighted by Gasteiger charge is -2.13. The smallest absolute Gasteiger partial charge is 0.257 e. The van der Waals surface area contributed by atoms with Gasteiger partial charge in [0.05, 0.1) is 0 Å². The second kappa shape index (κ2) is 9.77. The molecule has 1 unspecified atom stereocenters. The third kappa shape index (κ3) is 5.02. The Hall–Kier alpha value is -3.51. The molecule has 3 aromatic carbocycles. The van der Waals surface area contributed by atoms with Crippen LogP contribution in [0.25, 0.3) is 22.6 Å². The van der Waals surface area contributed by atoms with Gasteiger partial charge in [-0.15, -0.1) is 0 Å². The van der Waals surface area contributed by atoms with Gasteiger partial charge in [-0.3, -0.25) is 10.1 Å². The van der Waals surface area contributed by atoms with Crippen LogP contribution in [0.3, 0.4) is 0 Å². The number of nitrogens with zero attached hydrogens (tertiary/aromatic N) is 1. The molecule has 0 spiro atoms. The number of rotatable bonds is 5. The van der Waals surface area contributed by atoms with Gasteiger partial charge < -0.3 is 9.73 Å². The third-order valence-corrected chi connectivity index (χ3v) is 6.38. The largest absolute Gasteiger partial charge is 0.436 e. The zero-order valence-corrected chi connectivity index (χ0v) is 21.0.